The van der Waals surface area contributed by atoms with Crippen LogP contribution in [0.5, 0.6) is 0 Å². The molecule has 0 aliphatic carbocycles. The molecule has 13 heteroatoms. The second kappa shape index (κ2) is 7.92. The summed E-state index contributed by atoms with van der Waals surface area (Å²) in [6, 6.07) is 5.11. The molecule has 1 aromatic carbocycles. The minimum atomic E-state index is -4.45. The summed E-state index contributed by atoms with van der Waals surface area (Å²) in [6.45, 7) is 0. The lowest BCUT2D eigenvalue weighted by Crippen LogP contribution is -2.37. The lowest BCUT2D eigenvalue weighted by atomic mass is 10.2. The number of rotatable bonds is 6. The van der Waals surface area contributed by atoms with E-state index in [0.717, 1.165) is 24.7 Å². The Hall–Kier alpha value is -3.32. The van der Waals surface area contributed by atoms with Gasteiger partial charge in [0.15, 0.2) is 0 Å². The molecule has 11 nitrogen and oxygen atoms in total. The molecule has 0 amide bonds. The number of benzene rings is 1. The summed E-state index contributed by atoms with van der Waals surface area (Å²) >= 11 is 0.951. The third-order valence-electron chi connectivity index (χ3n) is 3.16. The molecule has 0 aliphatic rings. The van der Waals surface area contributed by atoms with Crippen LogP contribution in [0.15, 0.2) is 45.0 Å². The highest BCUT2D eigenvalue weighted by Gasteiger charge is 2.31. The predicted molar refractivity (Wildman–Crippen MR) is 97.3 cm³/mol. The van der Waals surface area contributed by atoms with Gasteiger partial charge in [0.2, 0.25) is 5.96 Å². The summed E-state index contributed by atoms with van der Waals surface area (Å²) in [5, 5.41) is 24.3. The van der Waals surface area contributed by atoms with Gasteiger partial charge in [0, 0.05) is 22.9 Å². The lowest BCUT2D eigenvalue weighted by molar-refractivity contribution is -0.384. The number of hydrazone groups is 1. The molecule has 0 bridgehead atoms. The maximum absolute atomic E-state index is 12.7. The van der Waals surface area contributed by atoms with E-state index in [1.165, 1.54) is 35.0 Å². The Labute approximate surface area is 157 Å². The van der Waals surface area contributed by atoms with Gasteiger partial charge in [-0.25, -0.2) is 4.79 Å². The Morgan fingerprint density at radius 3 is 2.52 bits per heavy atom. The zero-order chi connectivity index (χ0) is 20.2. The fourth-order valence-electron chi connectivity index (χ4n) is 1.89. The van der Waals surface area contributed by atoms with Crippen LogP contribution in [0, 0.1) is 15.5 Å². The van der Waals surface area contributed by atoms with Crippen LogP contribution >= 0.6 is 11.3 Å². The van der Waals surface area contributed by atoms with E-state index in [4.69, 9.17) is 11.1 Å². The van der Waals surface area contributed by atoms with E-state index in [1.54, 1.807) is 0 Å². The third-order valence-corrected chi connectivity index (χ3v) is 5.69. The van der Waals surface area contributed by atoms with Gasteiger partial charge < -0.3 is 10.5 Å². The molecular formula is C14H13N5O6S2. The number of hydrogen-bond donors (Lipinski definition) is 2. The van der Waals surface area contributed by atoms with Crippen molar-refractivity contribution in [2.24, 2.45) is 10.8 Å². The van der Waals surface area contributed by atoms with Crippen molar-refractivity contribution in [2.75, 3.05) is 7.11 Å². The van der Waals surface area contributed by atoms with Crippen molar-refractivity contribution in [3.63, 3.8) is 0 Å². The first-order valence-corrected chi connectivity index (χ1v) is 9.39. The molecule has 2 rings (SSSR count). The monoisotopic (exact) mass is 411 g/mol. The highest BCUT2D eigenvalue weighted by atomic mass is 32.2. The summed E-state index contributed by atoms with van der Waals surface area (Å²) in [6.07, 6.45) is 1.06. The Kier molecular flexibility index (Phi) is 5.87. The van der Waals surface area contributed by atoms with Crippen LogP contribution in [0.2, 0.25) is 0 Å². The van der Waals surface area contributed by atoms with Gasteiger partial charge >= 0.3 is 5.97 Å². The quantitative estimate of drug-likeness (QED) is 0.238. The first-order valence-electron chi connectivity index (χ1n) is 7.00. The molecule has 0 unspecified atom stereocenters. The maximum Gasteiger partial charge on any atom is 0.340 e. The van der Waals surface area contributed by atoms with Gasteiger partial charge in [-0.15, -0.1) is 4.41 Å². The van der Waals surface area contributed by atoms with E-state index < -0.39 is 31.8 Å². The topological polar surface area (TPSA) is 169 Å². The first-order chi connectivity index (χ1) is 12.7. The molecule has 27 heavy (non-hydrogen) atoms. The zero-order valence-electron chi connectivity index (χ0n) is 13.7. The molecule has 1 aromatic heterocycles. The maximum atomic E-state index is 12.7. The summed E-state index contributed by atoms with van der Waals surface area (Å²) in [4.78, 5) is 21.4. The first kappa shape index (κ1) is 20.0. The number of ether oxygens (including phenoxy) is 1. The van der Waals surface area contributed by atoms with Crippen LogP contribution in [0.3, 0.4) is 0 Å². The zero-order valence-corrected chi connectivity index (χ0v) is 15.4. The second-order valence-electron chi connectivity index (χ2n) is 4.87. The molecule has 0 fully saturated rings. The number of guanidine groups is 1. The number of non-ortho nitro benzene ring substituents is 1. The van der Waals surface area contributed by atoms with E-state index in [9.17, 15) is 23.3 Å². The number of nitrogens with one attached hydrogen (secondary N) is 1. The van der Waals surface area contributed by atoms with Crippen molar-refractivity contribution in [3.05, 3.63) is 56.3 Å². The predicted octanol–water partition coefficient (Wildman–Crippen LogP) is 1.36. The molecule has 0 aliphatic heterocycles. The van der Waals surface area contributed by atoms with Crippen LogP contribution < -0.4 is 5.73 Å². The SMILES string of the molecule is COC(=O)c1cscc1S(=O)(=O)N(/N=C/c1ccc([N+](=O)[O-])cc1)C(=N)N. The number of esters is 1. The van der Waals surface area contributed by atoms with Crippen molar-refractivity contribution >= 4 is 45.2 Å². The Bertz CT molecular complexity index is 1010. The highest BCUT2D eigenvalue weighted by molar-refractivity contribution is 7.89. The summed E-state index contributed by atoms with van der Waals surface area (Å²) < 4.78 is 30.3. The van der Waals surface area contributed by atoms with Crippen LogP contribution in [-0.4, -0.2) is 43.0 Å². The van der Waals surface area contributed by atoms with Crippen LogP contribution in [-0.2, 0) is 14.8 Å². The normalized spacial score (nSPS) is 11.3. The number of nitrogens with zero attached hydrogens (tertiary/aromatic N) is 3. The molecule has 2 aromatic rings. The van der Waals surface area contributed by atoms with Crippen molar-refractivity contribution in [1.29, 1.82) is 5.41 Å². The van der Waals surface area contributed by atoms with Crippen molar-refractivity contribution in [2.45, 2.75) is 4.90 Å². The average Bonchev–Trinajstić information content (AvgIpc) is 3.11. The number of methoxy groups -OCH3 is 1. The highest BCUT2D eigenvalue weighted by Crippen LogP contribution is 2.25. The van der Waals surface area contributed by atoms with Crippen LogP contribution in [0.1, 0.15) is 15.9 Å². The molecule has 1 heterocycles. The summed E-state index contributed by atoms with van der Waals surface area (Å²) in [5.74, 6) is -1.77. The van der Waals surface area contributed by atoms with Gasteiger partial charge in [0.05, 0.1) is 23.8 Å². The number of carbonyl (C=O) groups is 1. The van der Waals surface area contributed by atoms with Crippen LogP contribution in [0.4, 0.5) is 5.69 Å². The molecule has 0 saturated heterocycles. The van der Waals surface area contributed by atoms with Gasteiger partial charge in [-0.1, -0.05) is 0 Å². The van der Waals surface area contributed by atoms with E-state index in [0.29, 0.717) is 5.56 Å². The fourth-order valence-corrected chi connectivity index (χ4v) is 4.33. The van der Waals surface area contributed by atoms with Gasteiger partial charge in [-0.2, -0.15) is 24.9 Å². The summed E-state index contributed by atoms with van der Waals surface area (Å²) in [7, 11) is -3.34. The number of carbonyl (C=O) groups excluding carboxylic acids is 1. The molecule has 0 spiro atoms. The van der Waals surface area contributed by atoms with Crippen molar-refractivity contribution in [1.82, 2.24) is 4.41 Å². The van der Waals surface area contributed by atoms with Crippen molar-refractivity contribution in [3.8, 4) is 0 Å². The molecule has 3 N–H and O–H groups in total. The largest absolute Gasteiger partial charge is 0.465 e. The molecular weight excluding hydrogens is 398 g/mol. The van der Waals surface area contributed by atoms with Crippen LogP contribution in [0.25, 0.3) is 0 Å². The molecule has 0 saturated carbocycles. The van der Waals surface area contributed by atoms with Gasteiger partial charge in [-0.3, -0.25) is 15.5 Å². The number of nitro groups is 1. The van der Waals surface area contributed by atoms with Gasteiger partial charge in [-0.05, 0) is 17.7 Å². The lowest BCUT2D eigenvalue weighted by Gasteiger charge is -2.16. The standard InChI is InChI=1S/C14H13N5O6S2/c1-25-13(20)11-7-26-8-12(11)27(23,24)18(14(15)16)17-6-9-2-4-10(5-3-9)19(21)22/h2-8H,1H3,(H3,15,16)/b17-6+. The second-order valence-corrected chi connectivity index (χ2v) is 7.35. The minimum absolute atomic E-state index is 0.149. The fraction of sp³-hybridized carbons (Fsp3) is 0.0714. The number of nitrogens with two attached hydrogens (primary N) is 1. The number of nitro benzene ring substituents is 1. The Morgan fingerprint density at radius 2 is 2.00 bits per heavy atom. The number of thiophene rings is 1. The molecule has 0 atom stereocenters. The minimum Gasteiger partial charge on any atom is -0.465 e. The van der Waals surface area contributed by atoms with E-state index >= 15 is 0 Å². The van der Waals surface area contributed by atoms with E-state index in [1.807, 2.05) is 0 Å². The average molecular weight is 411 g/mol. The van der Waals surface area contributed by atoms with E-state index in [2.05, 4.69) is 9.84 Å². The smallest absolute Gasteiger partial charge is 0.340 e. The number of sulfonamides is 1. The van der Waals surface area contributed by atoms with Crippen molar-refractivity contribution < 1.29 is 22.9 Å². The number of hydrogen-bond acceptors (Lipinski definition) is 9. The Morgan fingerprint density at radius 1 is 1.37 bits per heavy atom. The van der Waals surface area contributed by atoms with Gasteiger partial charge in [0.1, 0.15) is 4.90 Å². The molecule has 0 radical (unpaired) electrons. The van der Waals surface area contributed by atoms with E-state index in [-0.39, 0.29) is 15.7 Å². The molecule has 142 valence electrons. The summed E-state index contributed by atoms with van der Waals surface area (Å²) in [5.41, 5.74) is 5.31. The van der Waals surface area contributed by atoms with Gasteiger partial charge in [0.25, 0.3) is 15.7 Å². The Balaban J connectivity index is 2.39. The third kappa shape index (κ3) is 4.27.